The summed E-state index contributed by atoms with van der Waals surface area (Å²) in [5.41, 5.74) is 3.35. The number of benzene rings is 5. The number of nitrogens with zero attached hydrogens (tertiary/aromatic N) is 4. The summed E-state index contributed by atoms with van der Waals surface area (Å²) in [5, 5.41) is 41.9. The third-order valence-electron chi connectivity index (χ3n) is 6.46. The highest BCUT2D eigenvalue weighted by atomic mass is 79.9. The molecule has 5 aromatic rings. The lowest BCUT2D eigenvalue weighted by molar-refractivity contribution is 0.470. The first-order valence-electron chi connectivity index (χ1n) is 13.4. The van der Waals surface area contributed by atoms with Crippen molar-refractivity contribution in [2.24, 2.45) is 20.0 Å². The van der Waals surface area contributed by atoms with Crippen LogP contribution in [0.25, 0.3) is 0 Å². The smallest absolute Gasteiger partial charge is 0.138 e. The summed E-state index contributed by atoms with van der Waals surface area (Å²) in [7, 11) is 0. The van der Waals surface area contributed by atoms with Crippen LogP contribution in [0.1, 0.15) is 22.3 Å². The van der Waals surface area contributed by atoms with Crippen molar-refractivity contribution in [2.45, 2.75) is 0 Å². The Morgan fingerprint density at radius 1 is 0.413 bits per heavy atom. The Hall–Kier alpha value is -4.10. The zero-order valence-electron chi connectivity index (χ0n) is 23.5. The fourth-order valence-corrected chi connectivity index (χ4v) is 5.58. The van der Waals surface area contributed by atoms with Crippen LogP contribution in [0.3, 0.4) is 0 Å². The van der Waals surface area contributed by atoms with Crippen molar-refractivity contribution in [3.05, 3.63) is 125 Å². The van der Waals surface area contributed by atoms with E-state index in [4.69, 9.17) is 0 Å². The van der Waals surface area contributed by atoms with E-state index in [1.54, 1.807) is 84.9 Å². The number of hydrogen-bond acceptors (Lipinski definition) is 8. The molecule has 0 spiro atoms. The van der Waals surface area contributed by atoms with Gasteiger partial charge in [-0.3, -0.25) is 20.0 Å². The molecule has 46 heavy (non-hydrogen) atoms. The van der Waals surface area contributed by atoms with Gasteiger partial charge in [0.15, 0.2) is 0 Å². The molecule has 0 unspecified atom stereocenters. The van der Waals surface area contributed by atoms with Gasteiger partial charge in [-0.05, 0) is 105 Å². The van der Waals surface area contributed by atoms with Crippen molar-refractivity contribution >= 4 is 111 Å². The van der Waals surface area contributed by atoms with Crippen LogP contribution in [0.2, 0.25) is 0 Å². The van der Waals surface area contributed by atoms with Gasteiger partial charge >= 0.3 is 0 Å². The topological polar surface area (TPSA) is 130 Å². The van der Waals surface area contributed by atoms with E-state index in [2.05, 4.69) is 83.7 Å². The minimum absolute atomic E-state index is 0.0220. The molecule has 230 valence electrons. The van der Waals surface area contributed by atoms with E-state index in [0.717, 1.165) is 8.95 Å². The summed E-state index contributed by atoms with van der Waals surface area (Å²) in [6.07, 6.45) is 6.00. The molecular formula is C34H22Br4N4O4. The Labute approximate surface area is 297 Å². The number of phenolic OH excluding ortho intramolecular Hbond substituents is 4. The Morgan fingerprint density at radius 2 is 0.761 bits per heavy atom. The summed E-state index contributed by atoms with van der Waals surface area (Å²) >= 11 is 13.5. The number of aromatic hydroxyl groups is 4. The highest BCUT2D eigenvalue weighted by Crippen LogP contribution is 2.41. The number of hydrogen-bond donors (Lipinski definition) is 4. The second-order valence-corrected chi connectivity index (χ2v) is 13.2. The first-order valence-corrected chi connectivity index (χ1v) is 16.5. The van der Waals surface area contributed by atoms with E-state index in [9.17, 15) is 20.4 Å². The summed E-state index contributed by atoms with van der Waals surface area (Å²) in [4.78, 5) is 18.6. The molecule has 12 heteroatoms. The predicted octanol–water partition coefficient (Wildman–Crippen LogP) is 10.6. The van der Waals surface area contributed by atoms with Crippen LogP contribution in [-0.2, 0) is 0 Å². The van der Waals surface area contributed by atoms with E-state index in [1.165, 1.54) is 24.9 Å². The molecule has 0 saturated heterocycles. The first-order chi connectivity index (χ1) is 22.1. The number of aliphatic imine (C=N–C) groups is 4. The third kappa shape index (κ3) is 8.18. The monoisotopic (exact) mass is 866 g/mol. The molecule has 0 aliphatic rings. The SMILES string of the molecule is Oc1ccc(Br)cc1C=Nc1cc(N=Cc2cc(Br)ccc2O)c(N=Cc2cccc(Br)c2O)cc1N=Cc1cccc(Br)c1O. The molecule has 0 heterocycles. The van der Waals surface area contributed by atoms with Crippen molar-refractivity contribution in [1.29, 1.82) is 0 Å². The fourth-order valence-electron chi connectivity index (χ4n) is 4.05. The van der Waals surface area contributed by atoms with Gasteiger partial charge in [0, 0.05) is 56.1 Å². The van der Waals surface area contributed by atoms with Crippen molar-refractivity contribution in [3.63, 3.8) is 0 Å². The number of phenols is 4. The van der Waals surface area contributed by atoms with Crippen LogP contribution in [-0.4, -0.2) is 45.3 Å². The molecule has 0 aromatic heterocycles. The molecule has 0 aliphatic carbocycles. The molecule has 0 saturated carbocycles. The average Bonchev–Trinajstić information content (AvgIpc) is 3.03. The van der Waals surface area contributed by atoms with E-state index in [0.29, 0.717) is 53.9 Å². The molecule has 0 atom stereocenters. The molecule has 0 radical (unpaired) electrons. The molecule has 8 nitrogen and oxygen atoms in total. The maximum atomic E-state index is 10.5. The van der Waals surface area contributed by atoms with Crippen LogP contribution in [0.15, 0.2) is 123 Å². The summed E-state index contributed by atoms with van der Waals surface area (Å²) in [6, 6.07) is 23.7. The highest BCUT2D eigenvalue weighted by molar-refractivity contribution is 9.11. The molecule has 5 rings (SSSR count). The Balaban J connectivity index is 1.69. The Kier molecular flexibility index (Phi) is 10.8. The third-order valence-corrected chi connectivity index (χ3v) is 8.72. The first kappa shape index (κ1) is 33.3. The lowest BCUT2D eigenvalue weighted by Crippen LogP contribution is -1.86. The van der Waals surface area contributed by atoms with Crippen molar-refractivity contribution in [1.82, 2.24) is 0 Å². The van der Waals surface area contributed by atoms with Gasteiger partial charge in [-0.2, -0.15) is 0 Å². The van der Waals surface area contributed by atoms with E-state index in [-0.39, 0.29) is 23.0 Å². The summed E-state index contributed by atoms with van der Waals surface area (Å²) in [6.45, 7) is 0. The van der Waals surface area contributed by atoms with Gasteiger partial charge in [0.2, 0.25) is 0 Å². The van der Waals surface area contributed by atoms with Gasteiger partial charge < -0.3 is 20.4 Å². The van der Waals surface area contributed by atoms with Crippen molar-refractivity contribution in [3.8, 4) is 23.0 Å². The highest BCUT2D eigenvalue weighted by Gasteiger charge is 2.11. The van der Waals surface area contributed by atoms with Crippen molar-refractivity contribution < 1.29 is 20.4 Å². The van der Waals surface area contributed by atoms with Gasteiger partial charge in [0.25, 0.3) is 0 Å². The average molecular weight is 870 g/mol. The summed E-state index contributed by atoms with van der Waals surface area (Å²) < 4.78 is 2.54. The Morgan fingerprint density at radius 3 is 1.13 bits per heavy atom. The molecule has 0 amide bonds. The maximum absolute atomic E-state index is 10.5. The number of para-hydroxylation sites is 2. The standard InChI is InChI=1S/C34H22Br4N4O4/c35-23-7-9-31(43)21(11-23)17-41-29-14-30(42-18-22-12-24(36)8-10-32(22)44)28(40-16-20-4-2-6-26(38)34(20)46)13-27(29)39-15-19-3-1-5-25(37)33(19)45/h1-18,43-46H. The van der Waals surface area contributed by atoms with Gasteiger partial charge in [-0.25, -0.2) is 0 Å². The zero-order chi connectivity index (χ0) is 32.8. The number of rotatable bonds is 8. The van der Waals surface area contributed by atoms with Crippen molar-refractivity contribution in [2.75, 3.05) is 0 Å². The maximum Gasteiger partial charge on any atom is 0.138 e. The minimum atomic E-state index is 0.0220. The minimum Gasteiger partial charge on any atom is -0.507 e. The van der Waals surface area contributed by atoms with Crippen LogP contribution >= 0.6 is 63.7 Å². The lowest BCUT2D eigenvalue weighted by atomic mass is 10.1. The quantitative estimate of drug-likeness (QED) is 0.116. The van der Waals surface area contributed by atoms with E-state index < -0.39 is 0 Å². The van der Waals surface area contributed by atoms with Crippen LogP contribution in [0.4, 0.5) is 22.7 Å². The molecule has 4 N–H and O–H groups in total. The fraction of sp³-hybridized carbons (Fsp3) is 0. The molecule has 0 aliphatic heterocycles. The molecular weight excluding hydrogens is 848 g/mol. The van der Waals surface area contributed by atoms with Crippen LogP contribution < -0.4 is 0 Å². The van der Waals surface area contributed by atoms with Crippen LogP contribution in [0.5, 0.6) is 23.0 Å². The van der Waals surface area contributed by atoms with Gasteiger partial charge in [-0.15, -0.1) is 0 Å². The summed E-state index contributed by atoms with van der Waals surface area (Å²) in [5.74, 6) is 0.117. The van der Waals surface area contributed by atoms with E-state index in [1.807, 2.05) is 0 Å². The lowest BCUT2D eigenvalue weighted by Gasteiger charge is -2.08. The molecule has 0 bridgehead atoms. The molecule has 5 aromatic carbocycles. The Bertz CT molecular complexity index is 1870. The van der Waals surface area contributed by atoms with Gasteiger partial charge in [0.1, 0.15) is 23.0 Å². The zero-order valence-corrected chi connectivity index (χ0v) is 29.8. The normalized spacial score (nSPS) is 11.9. The second-order valence-electron chi connectivity index (χ2n) is 9.62. The van der Waals surface area contributed by atoms with Gasteiger partial charge in [0.05, 0.1) is 31.7 Å². The predicted molar refractivity (Wildman–Crippen MR) is 199 cm³/mol. The second kappa shape index (κ2) is 15.0. The molecule has 0 fully saturated rings. The number of halogens is 4. The van der Waals surface area contributed by atoms with Gasteiger partial charge in [-0.1, -0.05) is 44.0 Å². The van der Waals surface area contributed by atoms with Crippen LogP contribution in [0, 0.1) is 0 Å². The largest absolute Gasteiger partial charge is 0.507 e. The van der Waals surface area contributed by atoms with E-state index >= 15 is 0 Å².